The molecule has 6 heterocycles. The molecule has 3 unspecified atom stereocenters. The first-order valence-electron chi connectivity index (χ1n) is 26.5. The van der Waals surface area contributed by atoms with Crippen LogP contribution in [0.1, 0.15) is 101 Å². The standard InChI is InChI=1S/C37H38F2N6O2.C19H27N3O2.C2H5NO/c1-3-26-29(38)7-4-22-10-25(46)11-27(30(22)26)32-31(39)33-28(14-40-32)34(45-15-23-5-6-24(16-45)41-23)43-35(42-33)47-20-36(8-9-36)17-44-18-37(19-44)12-21(2)13-37;1-14(4-3-11-23)19(20)17-6-5-16(12-18(17)21-2)15-7-9-22(13-24)10-8-15;1-3-2-4/h1,4,7,10-11,14,21,23-24,41,46H,5-6,8-9,12-13,15-20H2,2H3;5-6,11-15,20-21H,3-4,7-10H2,1-2H3;2H,1H3,(H,3,4). The number of phenolic OH excluding ortho intramolecular Hbond substituents is 1. The summed E-state index contributed by atoms with van der Waals surface area (Å²) in [5.41, 5.74) is 4.51. The normalized spacial score (nSPS) is 20.8. The first-order valence-corrected chi connectivity index (χ1v) is 26.5. The molecule has 2 amide bonds. The number of aromatic hydroxyl groups is 1. The number of nitrogens with one attached hydrogen (secondary N) is 4. The van der Waals surface area contributed by atoms with Crippen LogP contribution in [0.4, 0.5) is 20.3 Å². The van der Waals surface area contributed by atoms with E-state index in [0.717, 1.165) is 101 Å². The summed E-state index contributed by atoms with van der Waals surface area (Å²) in [7, 11) is 3.44. The van der Waals surface area contributed by atoms with E-state index in [2.05, 4.69) is 60.7 Å². The molecule has 5 N–H and O–H groups in total. The highest BCUT2D eigenvalue weighted by atomic mass is 19.1. The van der Waals surface area contributed by atoms with Crippen molar-refractivity contribution in [3.8, 4) is 35.4 Å². The fourth-order valence-corrected chi connectivity index (χ4v) is 12.5. The number of hydrogen-bond acceptors (Lipinski definition) is 13. The molecule has 1 spiro atoms. The lowest BCUT2D eigenvalue weighted by Crippen LogP contribution is -2.62. The minimum absolute atomic E-state index is 0.0165. The predicted molar refractivity (Wildman–Crippen MR) is 288 cm³/mol. The second-order valence-corrected chi connectivity index (χ2v) is 22.1. The van der Waals surface area contributed by atoms with Crippen molar-refractivity contribution in [2.24, 2.45) is 22.7 Å². The van der Waals surface area contributed by atoms with Gasteiger partial charge in [0.1, 0.15) is 34.9 Å². The molecule has 5 aromatic rings. The van der Waals surface area contributed by atoms with Crippen LogP contribution in [0, 0.1) is 52.1 Å². The average Bonchev–Trinajstić information content (AvgIpc) is 4.10. The monoisotopic (exact) mass is 1020 g/mol. The third-order valence-electron chi connectivity index (χ3n) is 16.4. The number of aromatic nitrogens is 3. The number of likely N-dealkylation sites (tertiary alicyclic amines) is 2. The maximum atomic E-state index is 16.8. The molecule has 4 saturated heterocycles. The van der Waals surface area contributed by atoms with Gasteiger partial charge in [0.25, 0.3) is 0 Å². The molecule has 4 aliphatic heterocycles. The van der Waals surface area contributed by atoms with E-state index in [4.69, 9.17) is 26.3 Å². The number of amides is 2. The van der Waals surface area contributed by atoms with Crippen molar-refractivity contribution in [3.63, 3.8) is 0 Å². The van der Waals surface area contributed by atoms with Gasteiger partial charge in [0.05, 0.1) is 17.6 Å². The van der Waals surface area contributed by atoms with E-state index < -0.39 is 11.6 Å². The van der Waals surface area contributed by atoms with Gasteiger partial charge in [0.15, 0.2) is 5.82 Å². The van der Waals surface area contributed by atoms with E-state index in [1.54, 1.807) is 13.2 Å². The summed E-state index contributed by atoms with van der Waals surface area (Å²) in [6, 6.07) is 12.7. The Morgan fingerprint density at radius 2 is 1.75 bits per heavy atom. The zero-order chi connectivity index (χ0) is 53.0. The van der Waals surface area contributed by atoms with Crippen molar-refractivity contribution in [1.82, 2.24) is 35.4 Å². The van der Waals surface area contributed by atoms with E-state index in [0.29, 0.717) is 77.0 Å². The maximum absolute atomic E-state index is 16.8. The summed E-state index contributed by atoms with van der Waals surface area (Å²) in [5, 5.41) is 29.4. The summed E-state index contributed by atoms with van der Waals surface area (Å²) in [4.78, 5) is 51.1. The molecule has 6 aliphatic rings. The zero-order valence-electron chi connectivity index (χ0n) is 43.6. The summed E-state index contributed by atoms with van der Waals surface area (Å²) in [6.45, 7) is 11.3. The Balaban J connectivity index is 0.000000207. The van der Waals surface area contributed by atoms with Crippen LogP contribution in [0.3, 0.4) is 0 Å². The first kappa shape index (κ1) is 53.1. The van der Waals surface area contributed by atoms with Crippen LogP contribution in [0.15, 0.2) is 48.7 Å². The molecule has 396 valence electrons. The number of halogens is 2. The number of rotatable bonds is 16. The van der Waals surface area contributed by atoms with Gasteiger partial charge >= 0.3 is 6.01 Å². The minimum Gasteiger partial charge on any atom is -0.508 e. The molecule has 17 heteroatoms. The number of piperazine rings is 1. The highest BCUT2D eigenvalue weighted by Gasteiger charge is 2.54. The summed E-state index contributed by atoms with van der Waals surface area (Å²) >= 11 is 0. The summed E-state index contributed by atoms with van der Waals surface area (Å²) in [5.74, 6) is 2.96. The largest absolute Gasteiger partial charge is 0.508 e. The highest BCUT2D eigenvalue weighted by Crippen LogP contribution is 2.55. The van der Waals surface area contributed by atoms with Crippen molar-refractivity contribution in [2.75, 3.05) is 76.7 Å². The molecule has 2 aromatic heterocycles. The van der Waals surface area contributed by atoms with Crippen LogP contribution in [0.2, 0.25) is 0 Å². The van der Waals surface area contributed by atoms with Gasteiger partial charge < -0.3 is 50.7 Å². The predicted octanol–water partition coefficient (Wildman–Crippen LogP) is 8.05. The molecule has 11 rings (SSSR count). The van der Waals surface area contributed by atoms with E-state index in [9.17, 15) is 19.1 Å². The molecular weight excluding hydrogens is 955 g/mol. The Labute approximate surface area is 438 Å². The minimum atomic E-state index is -0.699. The Bertz CT molecular complexity index is 2960. The third-order valence-corrected chi connectivity index (χ3v) is 16.4. The third kappa shape index (κ3) is 11.4. The Hall–Kier alpha value is -6.77. The fourth-order valence-electron chi connectivity index (χ4n) is 12.5. The SMILES string of the molecule is C#Cc1c(F)ccc2cc(O)cc(-c3ncc4c(N5CC6CCC(C5)N6)nc(OCC5(CN6CC7(CC(C)C7)C6)CC5)nc4c3F)c12.CNC=O.CNc1cc(C2CCN(C=O)CC2)ccc1C(=N)C(C)CCC=O. The van der Waals surface area contributed by atoms with Gasteiger partial charge in [0.2, 0.25) is 12.8 Å². The van der Waals surface area contributed by atoms with Crippen LogP contribution in [0.25, 0.3) is 32.9 Å². The topological polar surface area (TPSA) is 189 Å². The van der Waals surface area contributed by atoms with Crippen LogP contribution in [0.5, 0.6) is 11.8 Å². The number of terminal acetylenes is 1. The Morgan fingerprint density at radius 1 is 1.03 bits per heavy atom. The van der Waals surface area contributed by atoms with Crippen molar-refractivity contribution >= 4 is 58.0 Å². The number of carbonyl (C=O) groups is 3. The van der Waals surface area contributed by atoms with Gasteiger partial charge in [-0.15, -0.1) is 6.42 Å². The number of ether oxygens (including phenoxy) is 1. The second kappa shape index (κ2) is 22.6. The zero-order valence-corrected chi connectivity index (χ0v) is 43.6. The number of anilines is 2. The smallest absolute Gasteiger partial charge is 0.319 e. The van der Waals surface area contributed by atoms with E-state index in [-0.39, 0.29) is 45.4 Å². The van der Waals surface area contributed by atoms with Crippen LogP contribution < -0.4 is 25.6 Å². The molecule has 2 bridgehead atoms. The number of benzene rings is 3. The van der Waals surface area contributed by atoms with Crippen LogP contribution in [-0.4, -0.2) is 133 Å². The van der Waals surface area contributed by atoms with Crippen molar-refractivity contribution < 1.29 is 33.0 Å². The second-order valence-electron chi connectivity index (χ2n) is 22.1. The maximum Gasteiger partial charge on any atom is 0.319 e. The molecule has 2 aliphatic carbocycles. The number of carbonyl (C=O) groups excluding carboxylic acids is 3. The van der Waals surface area contributed by atoms with Crippen LogP contribution >= 0.6 is 0 Å². The highest BCUT2D eigenvalue weighted by molar-refractivity contribution is 6.05. The number of nitrogens with zero attached hydrogens (tertiary/aromatic N) is 6. The van der Waals surface area contributed by atoms with E-state index in [1.165, 1.54) is 55.8 Å². The number of fused-ring (bicyclic) bond motifs is 4. The fraction of sp³-hybridized carbons (Fsp3) is 0.500. The number of piperidine rings is 1. The average molecular weight is 1030 g/mol. The molecule has 3 atom stereocenters. The van der Waals surface area contributed by atoms with E-state index in [1.807, 2.05) is 24.9 Å². The molecule has 3 aromatic carbocycles. The van der Waals surface area contributed by atoms with Crippen LogP contribution in [-0.2, 0) is 14.4 Å². The number of hydrogen-bond donors (Lipinski definition) is 5. The number of phenols is 1. The quantitative estimate of drug-likeness (QED) is 0.0364. The van der Waals surface area contributed by atoms with Crippen molar-refractivity contribution in [1.29, 1.82) is 5.41 Å². The van der Waals surface area contributed by atoms with Gasteiger partial charge in [-0.05, 0) is 116 Å². The van der Waals surface area contributed by atoms with Crippen molar-refractivity contribution in [3.05, 3.63) is 77.0 Å². The Kier molecular flexibility index (Phi) is 16.0. The molecular formula is C58H70F2N10O5. The molecule has 2 saturated carbocycles. The lowest BCUT2D eigenvalue weighted by Gasteiger charge is -2.59. The molecule has 15 nitrogen and oxygen atoms in total. The molecule has 0 radical (unpaired) electrons. The van der Waals surface area contributed by atoms with E-state index >= 15 is 4.39 Å². The summed E-state index contributed by atoms with van der Waals surface area (Å²) in [6.07, 6.45) is 20.0. The van der Waals surface area contributed by atoms with Gasteiger partial charge in [-0.1, -0.05) is 38.0 Å². The molecule has 75 heavy (non-hydrogen) atoms. The molecule has 6 fully saturated rings. The summed E-state index contributed by atoms with van der Waals surface area (Å²) < 4.78 is 38.0. The first-order chi connectivity index (χ1) is 36.2. The van der Waals surface area contributed by atoms with Gasteiger partial charge in [-0.25, -0.2) is 8.78 Å². The van der Waals surface area contributed by atoms with Gasteiger partial charge in [0, 0.05) is 118 Å². The van der Waals surface area contributed by atoms with Crippen molar-refractivity contribution in [2.45, 2.75) is 96.1 Å². The lowest BCUT2D eigenvalue weighted by molar-refractivity contribution is -0.119. The van der Waals surface area contributed by atoms with Gasteiger partial charge in [-0.2, -0.15) is 9.97 Å². The van der Waals surface area contributed by atoms with Gasteiger partial charge in [-0.3, -0.25) is 14.6 Å². The Morgan fingerprint density at radius 3 is 2.37 bits per heavy atom. The number of aldehydes is 1. The lowest BCUT2D eigenvalue weighted by atomic mass is 9.58. The number of pyridine rings is 1.